The first kappa shape index (κ1) is 18.7. The van der Waals surface area contributed by atoms with Gasteiger partial charge in [-0.25, -0.2) is 0 Å². The molecule has 0 saturated heterocycles. The van der Waals surface area contributed by atoms with Crippen molar-refractivity contribution in [2.24, 2.45) is 17.1 Å². The fourth-order valence-corrected chi connectivity index (χ4v) is 2.74. The molecule has 0 aromatic carbocycles. The monoisotopic (exact) mass is 290 g/mol. The first-order valence-corrected chi connectivity index (χ1v) is 7.42. The van der Waals surface area contributed by atoms with E-state index in [0.717, 1.165) is 19.3 Å². The molecule has 1 rings (SSSR count). The van der Waals surface area contributed by atoms with E-state index in [4.69, 9.17) is 5.73 Å². The van der Waals surface area contributed by atoms with Gasteiger partial charge in [0.05, 0.1) is 0 Å². The summed E-state index contributed by atoms with van der Waals surface area (Å²) in [4.78, 5) is 11.9. The minimum Gasteiger partial charge on any atom is -0.353 e. The average Bonchev–Trinajstić information content (AvgIpc) is 2.28. The van der Waals surface area contributed by atoms with E-state index in [0.29, 0.717) is 30.3 Å². The van der Waals surface area contributed by atoms with E-state index in [9.17, 15) is 4.79 Å². The van der Waals surface area contributed by atoms with Crippen molar-refractivity contribution < 1.29 is 4.79 Å². The second-order valence-corrected chi connectivity index (χ2v) is 6.87. The highest BCUT2D eigenvalue weighted by molar-refractivity contribution is 5.85. The molecule has 4 heteroatoms. The minimum absolute atomic E-state index is 0. The summed E-state index contributed by atoms with van der Waals surface area (Å²) in [6.07, 6.45) is 7.50. The highest BCUT2D eigenvalue weighted by atomic mass is 35.5. The lowest BCUT2D eigenvalue weighted by Crippen LogP contribution is -2.44. The SMILES string of the molecule is CC(C)(C)CCCC(=O)NC1CCCCC1CN.Cl. The van der Waals surface area contributed by atoms with Gasteiger partial charge in [0.1, 0.15) is 0 Å². The summed E-state index contributed by atoms with van der Waals surface area (Å²) in [5.74, 6) is 0.704. The van der Waals surface area contributed by atoms with Gasteiger partial charge in [-0.05, 0) is 43.6 Å². The van der Waals surface area contributed by atoms with Crippen LogP contribution in [0.25, 0.3) is 0 Å². The fourth-order valence-electron chi connectivity index (χ4n) is 2.74. The summed E-state index contributed by atoms with van der Waals surface area (Å²) in [7, 11) is 0. The molecule has 1 aliphatic rings. The van der Waals surface area contributed by atoms with Gasteiger partial charge < -0.3 is 11.1 Å². The van der Waals surface area contributed by atoms with E-state index in [1.54, 1.807) is 0 Å². The van der Waals surface area contributed by atoms with Crippen LogP contribution in [0.5, 0.6) is 0 Å². The van der Waals surface area contributed by atoms with Crippen LogP contribution in [0.4, 0.5) is 0 Å². The van der Waals surface area contributed by atoms with Gasteiger partial charge in [-0.1, -0.05) is 33.6 Å². The Balaban J connectivity index is 0.00000324. The normalized spacial score (nSPS) is 23.6. The van der Waals surface area contributed by atoms with Crippen molar-refractivity contribution in [3.63, 3.8) is 0 Å². The number of nitrogens with two attached hydrogens (primary N) is 1. The van der Waals surface area contributed by atoms with Gasteiger partial charge in [-0.2, -0.15) is 0 Å². The number of amides is 1. The maximum atomic E-state index is 11.9. The van der Waals surface area contributed by atoms with Crippen molar-refractivity contribution in [3.8, 4) is 0 Å². The smallest absolute Gasteiger partial charge is 0.220 e. The molecular formula is C15H31ClN2O. The van der Waals surface area contributed by atoms with Crippen LogP contribution in [0.1, 0.15) is 65.7 Å². The predicted molar refractivity (Wildman–Crippen MR) is 83.5 cm³/mol. The predicted octanol–water partition coefficient (Wildman–Crippen LogP) is 3.26. The maximum absolute atomic E-state index is 11.9. The van der Waals surface area contributed by atoms with Crippen molar-refractivity contribution >= 4 is 18.3 Å². The number of hydrogen-bond donors (Lipinski definition) is 2. The third-order valence-electron chi connectivity index (χ3n) is 3.89. The highest BCUT2D eigenvalue weighted by Gasteiger charge is 2.25. The second-order valence-electron chi connectivity index (χ2n) is 6.87. The number of rotatable bonds is 5. The van der Waals surface area contributed by atoms with Crippen LogP contribution in [0.3, 0.4) is 0 Å². The summed E-state index contributed by atoms with van der Waals surface area (Å²) >= 11 is 0. The van der Waals surface area contributed by atoms with Crippen LogP contribution < -0.4 is 11.1 Å². The molecule has 0 aromatic heterocycles. The van der Waals surface area contributed by atoms with E-state index in [1.807, 2.05) is 0 Å². The Morgan fingerprint density at radius 1 is 1.26 bits per heavy atom. The zero-order valence-corrected chi connectivity index (χ0v) is 13.5. The molecule has 2 unspecified atom stereocenters. The number of halogens is 1. The van der Waals surface area contributed by atoms with Gasteiger partial charge in [-0.15, -0.1) is 12.4 Å². The zero-order chi connectivity index (χ0) is 13.6. The van der Waals surface area contributed by atoms with Crippen LogP contribution in [0.2, 0.25) is 0 Å². The molecule has 0 spiro atoms. The molecule has 3 nitrogen and oxygen atoms in total. The molecule has 1 fully saturated rings. The summed E-state index contributed by atoms with van der Waals surface area (Å²) in [6, 6.07) is 0.325. The lowest BCUT2D eigenvalue weighted by atomic mass is 9.84. The Kier molecular flexibility index (Phi) is 8.67. The Labute approximate surface area is 124 Å². The molecule has 1 saturated carbocycles. The Morgan fingerprint density at radius 2 is 1.89 bits per heavy atom. The van der Waals surface area contributed by atoms with Crippen LogP contribution in [0.15, 0.2) is 0 Å². The third-order valence-corrected chi connectivity index (χ3v) is 3.89. The molecule has 114 valence electrons. The summed E-state index contributed by atoms with van der Waals surface area (Å²) < 4.78 is 0. The number of carbonyl (C=O) groups excluding carboxylic acids is 1. The Morgan fingerprint density at radius 3 is 2.47 bits per heavy atom. The first-order valence-electron chi connectivity index (χ1n) is 7.42. The Bertz CT molecular complexity index is 263. The molecular weight excluding hydrogens is 260 g/mol. The largest absolute Gasteiger partial charge is 0.353 e. The first-order chi connectivity index (χ1) is 8.42. The Hall–Kier alpha value is -0.280. The molecule has 2 atom stereocenters. The van der Waals surface area contributed by atoms with Gasteiger partial charge in [0.15, 0.2) is 0 Å². The lowest BCUT2D eigenvalue weighted by molar-refractivity contribution is -0.122. The standard InChI is InChI=1S/C15H30N2O.ClH/c1-15(2,3)10-6-9-14(18)17-13-8-5-4-7-12(13)11-16;/h12-13H,4-11,16H2,1-3H3,(H,17,18);1H. The van der Waals surface area contributed by atoms with E-state index in [-0.39, 0.29) is 18.3 Å². The summed E-state index contributed by atoms with van der Waals surface area (Å²) in [6.45, 7) is 7.36. The topological polar surface area (TPSA) is 55.1 Å². The average molecular weight is 291 g/mol. The van der Waals surface area contributed by atoms with Gasteiger partial charge in [0.25, 0.3) is 0 Å². The number of hydrogen-bond acceptors (Lipinski definition) is 2. The lowest BCUT2D eigenvalue weighted by Gasteiger charge is -2.31. The van der Waals surface area contributed by atoms with Crippen LogP contribution >= 0.6 is 12.4 Å². The van der Waals surface area contributed by atoms with E-state index >= 15 is 0 Å². The highest BCUT2D eigenvalue weighted by Crippen LogP contribution is 2.24. The molecule has 3 N–H and O–H groups in total. The second kappa shape index (κ2) is 8.80. The molecule has 0 radical (unpaired) electrons. The number of carbonyl (C=O) groups is 1. The molecule has 0 aliphatic heterocycles. The van der Waals surface area contributed by atoms with E-state index in [1.165, 1.54) is 19.3 Å². The molecule has 19 heavy (non-hydrogen) atoms. The third kappa shape index (κ3) is 7.78. The molecule has 1 aliphatic carbocycles. The van der Waals surface area contributed by atoms with Crippen LogP contribution in [0, 0.1) is 11.3 Å². The molecule has 0 aromatic rings. The van der Waals surface area contributed by atoms with E-state index in [2.05, 4.69) is 26.1 Å². The minimum atomic E-state index is 0. The van der Waals surface area contributed by atoms with Crippen molar-refractivity contribution in [2.45, 2.75) is 71.8 Å². The number of nitrogens with one attached hydrogen (secondary N) is 1. The van der Waals surface area contributed by atoms with Crippen LogP contribution in [-0.2, 0) is 4.79 Å². The van der Waals surface area contributed by atoms with Crippen LogP contribution in [-0.4, -0.2) is 18.5 Å². The van der Waals surface area contributed by atoms with Gasteiger partial charge in [-0.3, -0.25) is 4.79 Å². The van der Waals surface area contributed by atoms with Crippen molar-refractivity contribution in [1.29, 1.82) is 0 Å². The quantitative estimate of drug-likeness (QED) is 0.816. The zero-order valence-electron chi connectivity index (χ0n) is 12.7. The molecule has 1 amide bonds. The van der Waals surface area contributed by atoms with Gasteiger partial charge in [0, 0.05) is 12.5 Å². The van der Waals surface area contributed by atoms with Gasteiger partial charge in [0.2, 0.25) is 5.91 Å². The van der Waals surface area contributed by atoms with Crippen molar-refractivity contribution in [3.05, 3.63) is 0 Å². The summed E-state index contributed by atoms with van der Waals surface area (Å²) in [5.41, 5.74) is 6.10. The molecule has 0 heterocycles. The van der Waals surface area contributed by atoms with Gasteiger partial charge >= 0.3 is 0 Å². The van der Waals surface area contributed by atoms with E-state index < -0.39 is 0 Å². The summed E-state index contributed by atoms with van der Waals surface area (Å²) in [5, 5.41) is 3.19. The fraction of sp³-hybridized carbons (Fsp3) is 0.933. The molecule has 0 bridgehead atoms. The van der Waals surface area contributed by atoms with Crippen molar-refractivity contribution in [2.75, 3.05) is 6.54 Å². The maximum Gasteiger partial charge on any atom is 0.220 e. The van der Waals surface area contributed by atoms with Crippen molar-refractivity contribution in [1.82, 2.24) is 5.32 Å².